The summed E-state index contributed by atoms with van der Waals surface area (Å²) in [6, 6.07) is 0. The quantitative estimate of drug-likeness (QED) is 0.213. The lowest BCUT2D eigenvalue weighted by molar-refractivity contribution is -0.151. The molecule has 0 bridgehead atoms. The third-order valence-corrected chi connectivity index (χ3v) is 2.40. The molecule has 0 aliphatic rings. The fourth-order valence-corrected chi connectivity index (χ4v) is 1.51. The van der Waals surface area contributed by atoms with E-state index in [2.05, 4.69) is 15.8 Å². The van der Waals surface area contributed by atoms with Crippen molar-refractivity contribution >= 4 is 36.2 Å². The molecule has 15 nitrogen and oxygen atoms in total. The Morgan fingerprint density at radius 1 is 0.575 bits per heavy atom. The summed E-state index contributed by atoms with van der Waals surface area (Å²) >= 11 is 0. The zero-order valence-electron chi connectivity index (χ0n) is 26.1. The largest absolute Gasteiger partial charge is 0.519 e. The Morgan fingerprint density at radius 2 is 0.875 bits per heavy atom. The smallest absolute Gasteiger partial charge is 0.460 e. The molecule has 0 saturated heterocycles. The van der Waals surface area contributed by atoms with Crippen LogP contribution in [0.5, 0.6) is 0 Å². The SMILES string of the molecule is CC(=O)OC(C)(C)C.CC(C)(C)OC(=O)NCC(N)=O.CC(C)(C)OC(=O)OC(=O)OC(C)(C)C.NCC(N)=O. The molecule has 0 radical (unpaired) electrons. The molecule has 0 fully saturated rings. The normalized spacial score (nSPS) is 10.8. The minimum atomic E-state index is -1.06. The second-order valence-corrected chi connectivity index (χ2v) is 11.7. The van der Waals surface area contributed by atoms with Crippen LogP contribution in [0.1, 0.15) is 90.0 Å². The Balaban J connectivity index is -0.000000231. The number of hydrogen-bond acceptors (Lipinski definition) is 12. The van der Waals surface area contributed by atoms with Gasteiger partial charge in [0.1, 0.15) is 22.4 Å². The molecule has 0 saturated carbocycles. The van der Waals surface area contributed by atoms with E-state index < -0.39 is 47.0 Å². The summed E-state index contributed by atoms with van der Waals surface area (Å²) in [7, 11) is 0. The maximum atomic E-state index is 11.0. The third kappa shape index (κ3) is 51.1. The lowest BCUT2D eigenvalue weighted by atomic mass is 10.2. The second-order valence-electron chi connectivity index (χ2n) is 11.7. The number of carbonyl (C=O) groups is 6. The summed E-state index contributed by atoms with van der Waals surface area (Å²) in [5.41, 5.74) is 11.7. The Bertz CT molecular complexity index is 791. The van der Waals surface area contributed by atoms with Crippen LogP contribution in [0.25, 0.3) is 0 Å². The van der Waals surface area contributed by atoms with Gasteiger partial charge < -0.3 is 46.2 Å². The summed E-state index contributed by atoms with van der Waals surface area (Å²) in [5.74, 6) is -1.29. The molecule has 0 aromatic carbocycles. The molecule has 0 heterocycles. The van der Waals surface area contributed by atoms with Gasteiger partial charge in [-0.15, -0.1) is 0 Å². The molecular weight excluding hydrogens is 532 g/mol. The molecule has 40 heavy (non-hydrogen) atoms. The monoisotopic (exact) mass is 582 g/mol. The zero-order chi connectivity index (χ0) is 33.1. The van der Waals surface area contributed by atoms with Gasteiger partial charge in [-0.1, -0.05) is 0 Å². The van der Waals surface area contributed by atoms with Gasteiger partial charge in [-0.05, 0) is 83.1 Å². The highest BCUT2D eigenvalue weighted by Gasteiger charge is 2.24. The van der Waals surface area contributed by atoms with Gasteiger partial charge >= 0.3 is 24.4 Å². The predicted molar refractivity (Wildman–Crippen MR) is 147 cm³/mol. The van der Waals surface area contributed by atoms with Crippen molar-refractivity contribution in [3.8, 4) is 0 Å². The fourth-order valence-electron chi connectivity index (χ4n) is 1.51. The topological polar surface area (TPSA) is 239 Å². The van der Waals surface area contributed by atoms with Crippen LogP contribution in [0.2, 0.25) is 0 Å². The van der Waals surface area contributed by atoms with Crippen LogP contribution in [0.3, 0.4) is 0 Å². The maximum absolute atomic E-state index is 11.0. The van der Waals surface area contributed by atoms with Gasteiger partial charge in [0.2, 0.25) is 11.8 Å². The Hall–Kier alpha value is -3.62. The molecule has 0 aromatic rings. The molecule has 0 unspecified atom stereocenters. The number of alkyl carbamates (subject to hydrolysis) is 1. The number of primary amides is 2. The van der Waals surface area contributed by atoms with Crippen molar-refractivity contribution in [2.45, 2.75) is 112 Å². The highest BCUT2D eigenvalue weighted by atomic mass is 16.8. The third-order valence-electron chi connectivity index (χ3n) is 2.40. The first kappa shape index (κ1) is 43.4. The first-order chi connectivity index (χ1) is 17.5. The van der Waals surface area contributed by atoms with E-state index >= 15 is 0 Å². The number of amides is 3. The maximum Gasteiger partial charge on any atom is 0.519 e. The standard InChI is InChI=1S/C10H18O5.C7H14N2O3.C6H12O2.C2H6N2O/c1-9(2,3)14-7(11)13-8(12)15-10(4,5)6;1-7(2,3)12-6(11)9-4-5(8)10;1-5(7)8-6(2,3)4;3-1-2(4)5/h1-6H3;4H2,1-3H3,(H2,8,10)(H,9,11);1-4H3;1,3H2,(H2,4,5). The molecular formula is C25H50N4O11. The molecule has 7 N–H and O–H groups in total. The molecule has 236 valence electrons. The van der Waals surface area contributed by atoms with E-state index in [1.165, 1.54) is 6.92 Å². The van der Waals surface area contributed by atoms with Gasteiger partial charge in [0.25, 0.3) is 0 Å². The Morgan fingerprint density at radius 3 is 1.05 bits per heavy atom. The van der Waals surface area contributed by atoms with Crippen molar-refractivity contribution in [1.29, 1.82) is 0 Å². The van der Waals surface area contributed by atoms with Crippen LogP contribution in [-0.2, 0) is 38.1 Å². The second kappa shape index (κ2) is 19.4. The summed E-state index contributed by atoms with van der Waals surface area (Å²) in [5, 5.41) is 2.20. The highest BCUT2D eigenvalue weighted by molar-refractivity contribution is 5.80. The molecule has 0 aliphatic heterocycles. The number of ether oxygens (including phenoxy) is 5. The van der Waals surface area contributed by atoms with Crippen LogP contribution >= 0.6 is 0 Å². The molecule has 0 rings (SSSR count). The van der Waals surface area contributed by atoms with E-state index in [1.807, 2.05) is 20.8 Å². The first-order valence-electron chi connectivity index (χ1n) is 12.1. The summed E-state index contributed by atoms with van der Waals surface area (Å²) < 4.78 is 23.4. The Kier molecular flexibility index (Phi) is 21.1. The van der Waals surface area contributed by atoms with Crippen LogP contribution < -0.4 is 22.5 Å². The molecule has 0 atom stereocenters. The lowest BCUT2D eigenvalue weighted by Crippen LogP contribution is -2.37. The average molecular weight is 583 g/mol. The lowest BCUT2D eigenvalue weighted by Gasteiger charge is -2.20. The molecule has 15 heteroatoms. The van der Waals surface area contributed by atoms with Crippen LogP contribution in [0, 0.1) is 0 Å². The molecule has 3 amide bonds. The predicted octanol–water partition coefficient (Wildman–Crippen LogP) is 2.65. The van der Waals surface area contributed by atoms with E-state index in [4.69, 9.17) is 30.4 Å². The van der Waals surface area contributed by atoms with Crippen molar-refractivity contribution in [2.75, 3.05) is 13.1 Å². The molecule has 0 aromatic heterocycles. The summed E-state index contributed by atoms with van der Waals surface area (Å²) in [6.07, 6.45) is -2.75. The molecule has 0 spiro atoms. The molecule has 0 aliphatic carbocycles. The van der Waals surface area contributed by atoms with Gasteiger partial charge in [0.05, 0.1) is 13.1 Å². The van der Waals surface area contributed by atoms with E-state index in [9.17, 15) is 28.8 Å². The van der Waals surface area contributed by atoms with E-state index in [0.29, 0.717) is 0 Å². The van der Waals surface area contributed by atoms with E-state index in [1.54, 1.807) is 62.3 Å². The van der Waals surface area contributed by atoms with Crippen LogP contribution in [0.15, 0.2) is 0 Å². The van der Waals surface area contributed by atoms with Crippen molar-refractivity contribution in [3.05, 3.63) is 0 Å². The summed E-state index contributed by atoms with van der Waals surface area (Å²) in [6.45, 7) is 21.9. The zero-order valence-corrected chi connectivity index (χ0v) is 26.1. The average Bonchev–Trinajstić information content (AvgIpc) is 2.61. The van der Waals surface area contributed by atoms with Gasteiger partial charge in [0, 0.05) is 6.92 Å². The first-order valence-corrected chi connectivity index (χ1v) is 12.1. The van der Waals surface area contributed by atoms with E-state index in [-0.39, 0.29) is 24.7 Å². The van der Waals surface area contributed by atoms with Gasteiger partial charge in [0.15, 0.2) is 0 Å². The van der Waals surface area contributed by atoms with Crippen LogP contribution in [0.4, 0.5) is 14.4 Å². The Labute approximate surface area is 237 Å². The van der Waals surface area contributed by atoms with Crippen molar-refractivity contribution in [1.82, 2.24) is 5.32 Å². The minimum Gasteiger partial charge on any atom is -0.460 e. The van der Waals surface area contributed by atoms with Crippen molar-refractivity contribution in [2.24, 2.45) is 17.2 Å². The van der Waals surface area contributed by atoms with E-state index in [0.717, 1.165) is 0 Å². The number of hydrogen-bond donors (Lipinski definition) is 4. The highest BCUT2D eigenvalue weighted by Crippen LogP contribution is 2.11. The number of nitrogens with one attached hydrogen (secondary N) is 1. The van der Waals surface area contributed by atoms with Gasteiger partial charge in [-0.3, -0.25) is 14.4 Å². The fraction of sp³-hybridized carbons (Fsp3) is 0.760. The van der Waals surface area contributed by atoms with Crippen LogP contribution in [-0.4, -0.2) is 71.7 Å². The number of carbonyl (C=O) groups excluding carboxylic acids is 6. The number of esters is 1. The minimum absolute atomic E-state index is 0.0556. The number of nitrogens with two attached hydrogens (primary N) is 3. The van der Waals surface area contributed by atoms with Crippen molar-refractivity contribution in [3.63, 3.8) is 0 Å². The summed E-state index contributed by atoms with van der Waals surface area (Å²) in [4.78, 5) is 62.8. The van der Waals surface area contributed by atoms with Gasteiger partial charge in [-0.2, -0.15) is 0 Å². The number of rotatable bonds is 3. The van der Waals surface area contributed by atoms with Gasteiger partial charge in [-0.25, -0.2) is 14.4 Å². The van der Waals surface area contributed by atoms with Crippen molar-refractivity contribution < 1.29 is 52.5 Å².